The van der Waals surface area contributed by atoms with E-state index in [1.807, 2.05) is 61.5 Å². The van der Waals surface area contributed by atoms with Gasteiger partial charge in [-0.3, -0.25) is 14.5 Å². The van der Waals surface area contributed by atoms with Crippen LogP contribution in [0.2, 0.25) is 0 Å². The van der Waals surface area contributed by atoms with E-state index in [9.17, 15) is 14.4 Å². The van der Waals surface area contributed by atoms with Gasteiger partial charge in [0.15, 0.2) is 0 Å². The molecule has 0 spiro atoms. The van der Waals surface area contributed by atoms with E-state index in [2.05, 4.69) is 5.32 Å². The maximum Gasteiger partial charge on any atom is 0.411 e. The predicted octanol–water partition coefficient (Wildman–Crippen LogP) is 2.91. The summed E-state index contributed by atoms with van der Waals surface area (Å²) in [6.45, 7) is 2.38. The van der Waals surface area contributed by atoms with Crippen LogP contribution < -0.4 is 11.1 Å². The molecule has 0 radical (unpaired) electrons. The van der Waals surface area contributed by atoms with E-state index in [1.54, 1.807) is 0 Å². The van der Waals surface area contributed by atoms with Crippen molar-refractivity contribution < 1.29 is 19.1 Å². The summed E-state index contributed by atoms with van der Waals surface area (Å²) in [5.74, 6) is -0.970. The van der Waals surface area contributed by atoms with Gasteiger partial charge in [0.05, 0.1) is 6.54 Å². The number of fused-ring (bicyclic) bond motifs is 1. The summed E-state index contributed by atoms with van der Waals surface area (Å²) < 4.78 is 5.50. The number of amides is 3. The Morgan fingerprint density at radius 1 is 1.10 bits per heavy atom. The van der Waals surface area contributed by atoms with E-state index in [4.69, 9.17) is 10.5 Å². The molecule has 164 valence electrons. The molecule has 0 saturated carbocycles. The molecule has 1 heterocycles. The zero-order valence-electron chi connectivity index (χ0n) is 17.8. The van der Waals surface area contributed by atoms with Crippen molar-refractivity contribution in [1.29, 1.82) is 0 Å². The number of unbranched alkanes of at least 4 members (excludes halogenated alkanes) is 1. The number of hydrogen-bond donors (Lipinski definition) is 2. The van der Waals surface area contributed by atoms with E-state index < -0.39 is 30.0 Å². The van der Waals surface area contributed by atoms with Gasteiger partial charge in [-0.05, 0) is 23.1 Å². The second-order valence-corrected chi connectivity index (χ2v) is 7.76. The van der Waals surface area contributed by atoms with Gasteiger partial charge >= 0.3 is 6.09 Å². The van der Waals surface area contributed by atoms with Crippen molar-refractivity contribution in [3.63, 3.8) is 0 Å². The number of benzene rings is 2. The van der Waals surface area contributed by atoms with E-state index in [-0.39, 0.29) is 13.2 Å². The van der Waals surface area contributed by atoms with Crippen molar-refractivity contribution >= 4 is 17.9 Å². The third kappa shape index (κ3) is 5.84. The highest BCUT2D eigenvalue weighted by molar-refractivity contribution is 5.91. The first-order valence-electron chi connectivity index (χ1n) is 10.6. The van der Waals surface area contributed by atoms with Gasteiger partial charge < -0.3 is 15.8 Å². The fourth-order valence-electron chi connectivity index (χ4n) is 3.71. The highest BCUT2D eigenvalue weighted by Gasteiger charge is 2.36. The number of primary amides is 1. The fourth-order valence-corrected chi connectivity index (χ4v) is 3.71. The van der Waals surface area contributed by atoms with E-state index >= 15 is 0 Å². The molecule has 2 aromatic rings. The Bertz CT molecular complexity index is 916. The molecule has 2 aromatic carbocycles. The second kappa shape index (κ2) is 10.6. The maximum absolute atomic E-state index is 13.1. The van der Waals surface area contributed by atoms with Crippen molar-refractivity contribution in [2.24, 2.45) is 5.73 Å². The first-order valence-corrected chi connectivity index (χ1v) is 10.6. The SMILES string of the molecule is CCCC[C@@H](NC(=O)[C@@H]1Cc2ccccc2CN1C(=O)OCc1ccccc1)C(N)=O. The van der Waals surface area contributed by atoms with Crippen molar-refractivity contribution in [3.8, 4) is 0 Å². The molecular weight excluding hydrogens is 394 g/mol. The smallest absolute Gasteiger partial charge is 0.411 e. The van der Waals surface area contributed by atoms with Gasteiger partial charge in [0, 0.05) is 6.42 Å². The topological polar surface area (TPSA) is 102 Å². The lowest BCUT2D eigenvalue weighted by molar-refractivity contribution is -0.131. The Morgan fingerprint density at radius 3 is 2.45 bits per heavy atom. The minimum absolute atomic E-state index is 0.118. The summed E-state index contributed by atoms with van der Waals surface area (Å²) in [5.41, 5.74) is 8.31. The number of rotatable bonds is 8. The largest absolute Gasteiger partial charge is 0.445 e. The van der Waals surface area contributed by atoms with Crippen LogP contribution >= 0.6 is 0 Å². The quantitative estimate of drug-likeness (QED) is 0.682. The van der Waals surface area contributed by atoms with Crippen LogP contribution in [0.15, 0.2) is 54.6 Å². The minimum atomic E-state index is -0.776. The fraction of sp³-hybridized carbons (Fsp3) is 0.375. The van der Waals surface area contributed by atoms with Crippen LogP contribution in [0.5, 0.6) is 0 Å². The first-order chi connectivity index (χ1) is 15.0. The molecule has 3 N–H and O–H groups in total. The summed E-state index contributed by atoms with van der Waals surface area (Å²) in [7, 11) is 0. The molecule has 7 heteroatoms. The molecule has 3 amide bonds. The number of nitrogens with one attached hydrogen (secondary N) is 1. The monoisotopic (exact) mass is 423 g/mol. The van der Waals surface area contributed by atoms with Gasteiger partial charge in [-0.15, -0.1) is 0 Å². The number of carbonyl (C=O) groups excluding carboxylic acids is 3. The average Bonchev–Trinajstić information content (AvgIpc) is 2.79. The van der Waals surface area contributed by atoms with Crippen LogP contribution in [0.3, 0.4) is 0 Å². The summed E-state index contributed by atoms with van der Waals surface area (Å²) in [5, 5.41) is 2.75. The van der Waals surface area contributed by atoms with Crippen LogP contribution in [0.25, 0.3) is 0 Å². The Kier molecular flexibility index (Phi) is 7.65. The van der Waals surface area contributed by atoms with Gasteiger partial charge in [0.25, 0.3) is 0 Å². The molecule has 0 fully saturated rings. The van der Waals surface area contributed by atoms with Crippen molar-refractivity contribution in [1.82, 2.24) is 10.2 Å². The van der Waals surface area contributed by atoms with Gasteiger partial charge in [0.2, 0.25) is 11.8 Å². The van der Waals surface area contributed by atoms with Gasteiger partial charge in [0.1, 0.15) is 18.7 Å². The van der Waals surface area contributed by atoms with Crippen LogP contribution in [-0.4, -0.2) is 34.9 Å². The van der Waals surface area contributed by atoms with Crippen LogP contribution in [0.4, 0.5) is 4.79 Å². The normalized spacial score (nSPS) is 16.2. The first kappa shape index (κ1) is 22.3. The molecule has 0 saturated heterocycles. The summed E-state index contributed by atoms with van der Waals surface area (Å²) in [6, 6.07) is 15.5. The van der Waals surface area contributed by atoms with Gasteiger partial charge in [-0.2, -0.15) is 0 Å². The third-order valence-corrected chi connectivity index (χ3v) is 5.50. The van der Waals surface area contributed by atoms with Crippen LogP contribution in [-0.2, 0) is 33.9 Å². The molecule has 1 aliphatic heterocycles. The summed E-state index contributed by atoms with van der Waals surface area (Å²) in [6.07, 6.45) is 1.90. The number of hydrogen-bond acceptors (Lipinski definition) is 4. The number of nitrogens with zero attached hydrogens (tertiary/aromatic N) is 1. The summed E-state index contributed by atoms with van der Waals surface area (Å²) >= 11 is 0. The Hall–Kier alpha value is -3.35. The lowest BCUT2D eigenvalue weighted by Gasteiger charge is -2.35. The third-order valence-electron chi connectivity index (χ3n) is 5.50. The Morgan fingerprint density at radius 2 is 1.77 bits per heavy atom. The lowest BCUT2D eigenvalue weighted by atomic mass is 9.93. The van der Waals surface area contributed by atoms with Crippen molar-refractivity contribution in [2.45, 2.75) is 57.8 Å². The molecule has 1 aliphatic rings. The highest BCUT2D eigenvalue weighted by atomic mass is 16.6. The minimum Gasteiger partial charge on any atom is -0.445 e. The zero-order chi connectivity index (χ0) is 22.2. The van der Waals surface area contributed by atoms with Crippen molar-refractivity contribution in [3.05, 3.63) is 71.3 Å². The lowest BCUT2D eigenvalue weighted by Crippen LogP contribution is -2.56. The van der Waals surface area contributed by atoms with Crippen LogP contribution in [0.1, 0.15) is 42.9 Å². The molecular formula is C24H29N3O4. The van der Waals surface area contributed by atoms with Crippen molar-refractivity contribution in [2.75, 3.05) is 0 Å². The molecule has 0 aromatic heterocycles. The second-order valence-electron chi connectivity index (χ2n) is 7.76. The maximum atomic E-state index is 13.1. The molecule has 2 atom stereocenters. The average molecular weight is 424 g/mol. The summed E-state index contributed by atoms with van der Waals surface area (Å²) in [4.78, 5) is 39.3. The van der Waals surface area contributed by atoms with Gasteiger partial charge in [-0.1, -0.05) is 74.4 Å². The molecule has 0 aliphatic carbocycles. The van der Waals surface area contributed by atoms with E-state index in [0.717, 1.165) is 29.5 Å². The number of carbonyl (C=O) groups is 3. The molecule has 0 bridgehead atoms. The van der Waals surface area contributed by atoms with E-state index in [0.29, 0.717) is 12.8 Å². The standard InChI is InChI=1S/C24H29N3O4/c1-2-3-13-20(22(25)28)26-23(29)21-14-18-11-7-8-12-19(18)15-27(21)24(30)31-16-17-9-5-4-6-10-17/h4-12,20-21H,2-3,13-16H2,1H3,(H2,25,28)(H,26,29)/t20-,21+/m1/s1. The number of nitrogens with two attached hydrogens (primary N) is 1. The zero-order valence-corrected chi connectivity index (χ0v) is 17.8. The number of ether oxygens (including phenoxy) is 1. The van der Waals surface area contributed by atoms with Gasteiger partial charge in [-0.25, -0.2) is 4.79 Å². The molecule has 31 heavy (non-hydrogen) atoms. The Balaban J connectivity index is 1.76. The highest BCUT2D eigenvalue weighted by Crippen LogP contribution is 2.24. The molecule has 0 unspecified atom stereocenters. The van der Waals surface area contributed by atoms with Crippen LogP contribution in [0, 0.1) is 0 Å². The Labute approximate surface area is 182 Å². The predicted molar refractivity (Wildman–Crippen MR) is 117 cm³/mol. The molecule has 7 nitrogen and oxygen atoms in total. The molecule has 3 rings (SSSR count). The van der Waals surface area contributed by atoms with E-state index in [1.165, 1.54) is 4.90 Å².